The highest BCUT2D eigenvalue weighted by Crippen LogP contribution is 2.11. The highest BCUT2D eigenvalue weighted by molar-refractivity contribution is 7.99. The first-order valence-electron chi connectivity index (χ1n) is 6.69. The van der Waals surface area contributed by atoms with Gasteiger partial charge in [-0.3, -0.25) is 4.99 Å². The first-order valence-corrected chi connectivity index (χ1v) is 7.84. The fourth-order valence-corrected chi connectivity index (χ4v) is 2.31. The van der Waals surface area contributed by atoms with Crippen molar-refractivity contribution in [2.75, 3.05) is 37.7 Å². The van der Waals surface area contributed by atoms with Crippen LogP contribution in [-0.2, 0) is 4.74 Å². The van der Waals surface area contributed by atoms with Crippen molar-refractivity contribution in [2.45, 2.75) is 25.9 Å². The number of hydrogen-bond acceptors (Lipinski definition) is 3. The van der Waals surface area contributed by atoms with Crippen molar-refractivity contribution in [1.82, 2.24) is 10.6 Å². The van der Waals surface area contributed by atoms with E-state index in [2.05, 4.69) is 29.1 Å². The summed E-state index contributed by atoms with van der Waals surface area (Å²) in [6, 6.07) is 0. The number of aliphatic imine (C=N–C) groups is 1. The van der Waals surface area contributed by atoms with E-state index >= 15 is 0 Å². The molecule has 4 nitrogen and oxygen atoms in total. The van der Waals surface area contributed by atoms with Crippen LogP contribution in [0, 0.1) is 0 Å². The maximum Gasteiger partial charge on any atom is 0.191 e. The third-order valence-electron chi connectivity index (χ3n) is 2.60. The molecule has 0 aromatic carbocycles. The number of nitrogens with one attached hydrogen (secondary N) is 2. The quantitative estimate of drug-likeness (QED) is 0.305. The van der Waals surface area contributed by atoms with Crippen molar-refractivity contribution in [2.24, 2.45) is 4.99 Å². The molecule has 5 heteroatoms. The van der Waals surface area contributed by atoms with E-state index in [4.69, 9.17) is 4.74 Å². The summed E-state index contributed by atoms with van der Waals surface area (Å²) in [4.78, 5) is 4.55. The minimum Gasteiger partial charge on any atom is -0.376 e. The fourth-order valence-electron chi connectivity index (χ4n) is 1.73. The SMILES string of the molecule is C=CCSCCNC(=NCC1CCCO1)NCC. The van der Waals surface area contributed by atoms with Gasteiger partial charge < -0.3 is 15.4 Å². The molecule has 0 spiro atoms. The van der Waals surface area contributed by atoms with Gasteiger partial charge in [0.1, 0.15) is 0 Å². The number of hydrogen-bond donors (Lipinski definition) is 2. The molecule has 1 fully saturated rings. The topological polar surface area (TPSA) is 45.7 Å². The van der Waals surface area contributed by atoms with Gasteiger partial charge in [0.05, 0.1) is 12.6 Å². The van der Waals surface area contributed by atoms with Gasteiger partial charge in [-0.2, -0.15) is 11.8 Å². The first kappa shape index (κ1) is 15.4. The number of ether oxygens (including phenoxy) is 1. The Kier molecular flexibility index (Phi) is 8.77. The van der Waals surface area contributed by atoms with Gasteiger partial charge in [0, 0.05) is 31.2 Å². The van der Waals surface area contributed by atoms with Crippen molar-refractivity contribution in [1.29, 1.82) is 0 Å². The number of rotatable bonds is 8. The molecule has 1 aliphatic rings. The highest BCUT2D eigenvalue weighted by Gasteiger charge is 2.14. The number of nitrogens with zero attached hydrogens (tertiary/aromatic N) is 1. The average Bonchev–Trinajstić information content (AvgIpc) is 2.88. The van der Waals surface area contributed by atoms with E-state index in [9.17, 15) is 0 Å². The van der Waals surface area contributed by atoms with E-state index in [-0.39, 0.29) is 0 Å². The van der Waals surface area contributed by atoms with Crippen LogP contribution < -0.4 is 10.6 Å². The summed E-state index contributed by atoms with van der Waals surface area (Å²) in [5, 5.41) is 6.58. The van der Waals surface area contributed by atoms with Crippen LogP contribution in [0.1, 0.15) is 19.8 Å². The molecule has 0 bridgehead atoms. The third-order valence-corrected chi connectivity index (χ3v) is 3.56. The Bertz CT molecular complexity index is 253. The normalized spacial score (nSPS) is 19.8. The lowest BCUT2D eigenvalue weighted by Crippen LogP contribution is -2.39. The van der Waals surface area contributed by atoms with Crippen LogP contribution >= 0.6 is 11.8 Å². The summed E-state index contributed by atoms with van der Waals surface area (Å²) in [5.74, 6) is 2.97. The van der Waals surface area contributed by atoms with Gasteiger partial charge in [-0.15, -0.1) is 6.58 Å². The van der Waals surface area contributed by atoms with E-state index < -0.39 is 0 Å². The van der Waals surface area contributed by atoms with E-state index in [0.29, 0.717) is 6.10 Å². The molecule has 2 N–H and O–H groups in total. The van der Waals surface area contributed by atoms with Gasteiger partial charge in [-0.05, 0) is 19.8 Å². The minimum absolute atomic E-state index is 0.315. The third kappa shape index (κ3) is 6.91. The second-order valence-corrected chi connectivity index (χ2v) is 5.29. The molecule has 1 saturated heterocycles. The predicted molar refractivity (Wildman–Crippen MR) is 80.5 cm³/mol. The van der Waals surface area contributed by atoms with Gasteiger partial charge in [0.2, 0.25) is 0 Å². The van der Waals surface area contributed by atoms with Crippen LogP contribution in [0.25, 0.3) is 0 Å². The van der Waals surface area contributed by atoms with Crippen LogP contribution in [-0.4, -0.2) is 49.8 Å². The van der Waals surface area contributed by atoms with Crippen molar-refractivity contribution in [3.8, 4) is 0 Å². The summed E-state index contributed by atoms with van der Waals surface area (Å²) < 4.78 is 5.56. The zero-order valence-corrected chi connectivity index (χ0v) is 12.1. The Labute approximate surface area is 115 Å². The van der Waals surface area contributed by atoms with E-state index in [1.807, 2.05) is 17.8 Å². The van der Waals surface area contributed by atoms with Crippen LogP contribution in [0.3, 0.4) is 0 Å². The second kappa shape index (κ2) is 10.3. The predicted octanol–water partition coefficient (Wildman–Crippen LogP) is 1.64. The monoisotopic (exact) mass is 271 g/mol. The molecule has 18 heavy (non-hydrogen) atoms. The minimum atomic E-state index is 0.315. The molecule has 0 radical (unpaired) electrons. The maximum atomic E-state index is 5.56. The zero-order chi connectivity index (χ0) is 13.1. The largest absolute Gasteiger partial charge is 0.376 e. The Morgan fingerprint density at radius 2 is 2.44 bits per heavy atom. The van der Waals surface area contributed by atoms with Crippen LogP contribution in [0.4, 0.5) is 0 Å². The van der Waals surface area contributed by atoms with Gasteiger partial charge in [-0.1, -0.05) is 6.08 Å². The fraction of sp³-hybridized carbons (Fsp3) is 0.769. The zero-order valence-electron chi connectivity index (χ0n) is 11.3. The first-order chi connectivity index (χ1) is 8.86. The smallest absolute Gasteiger partial charge is 0.191 e. The Morgan fingerprint density at radius 1 is 1.56 bits per heavy atom. The molecule has 1 unspecified atom stereocenters. The van der Waals surface area contributed by atoms with Crippen LogP contribution in [0.5, 0.6) is 0 Å². The molecule has 1 heterocycles. The summed E-state index contributed by atoms with van der Waals surface area (Å²) in [5.41, 5.74) is 0. The lowest BCUT2D eigenvalue weighted by Gasteiger charge is -2.12. The lowest BCUT2D eigenvalue weighted by atomic mass is 10.2. The van der Waals surface area contributed by atoms with Gasteiger partial charge in [-0.25, -0.2) is 0 Å². The molecule has 0 aromatic heterocycles. The van der Waals surface area contributed by atoms with E-state index in [1.54, 1.807) is 0 Å². The molecule has 0 aromatic rings. The van der Waals surface area contributed by atoms with E-state index in [1.165, 1.54) is 6.42 Å². The highest BCUT2D eigenvalue weighted by atomic mass is 32.2. The van der Waals surface area contributed by atoms with Gasteiger partial charge in [0.15, 0.2) is 5.96 Å². The molecule has 1 aliphatic heterocycles. The standard InChI is InChI=1S/C13H25N3OS/c1-3-9-18-10-7-15-13(14-4-2)16-11-12-6-5-8-17-12/h3,12H,1,4-11H2,2H3,(H2,14,15,16). The molecule has 0 amide bonds. The van der Waals surface area contributed by atoms with Crippen molar-refractivity contribution in [3.05, 3.63) is 12.7 Å². The summed E-state index contributed by atoms with van der Waals surface area (Å²) in [6.45, 7) is 9.25. The molecule has 0 saturated carbocycles. The Hall–Kier alpha value is -0.680. The second-order valence-electron chi connectivity index (χ2n) is 4.15. The maximum absolute atomic E-state index is 5.56. The molecular formula is C13H25N3OS. The van der Waals surface area contributed by atoms with Crippen LogP contribution in [0.15, 0.2) is 17.6 Å². The summed E-state index contributed by atoms with van der Waals surface area (Å²) >= 11 is 1.87. The van der Waals surface area contributed by atoms with Crippen molar-refractivity contribution in [3.63, 3.8) is 0 Å². The molecular weight excluding hydrogens is 246 g/mol. The van der Waals surface area contributed by atoms with Gasteiger partial charge in [0.25, 0.3) is 0 Å². The summed E-state index contributed by atoms with van der Waals surface area (Å²) in [6.07, 6.45) is 4.55. The molecule has 1 rings (SSSR count). The Balaban J connectivity index is 2.19. The molecule has 1 atom stereocenters. The lowest BCUT2D eigenvalue weighted by molar-refractivity contribution is 0.117. The molecule has 104 valence electrons. The molecule has 0 aliphatic carbocycles. The van der Waals surface area contributed by atoms with Crippen molar-refractivity contribution >= 4 is 17.7 Å². The number of guanidine groups is 1. The van der Waals surface area contributed by atoms with E-state index in [0.717, 1.165) is 50.1 Å². The van der Waals surface area contributed by atoms with Crippen LogP contribution in [0.2, 0.25) is 0 Å². The Morgan fingerprint density at radius 3 is 3.11 bits per heavy atom. The van der Waals surface area contributed by atoms with Crippen molar-refractivity contribution < 1.29 is 4.74 Å². The summed E-state index contributed by atoms with van der Waals surface area (Å²) in [7, 11) is 0. The number of thioether (sulfide) groups is 1. The average molecular weight is 271 g/mol. The van der Waals surface area contributed by atoms with Gasteiger partial charge >= 0.3 is 0 Å².